The van der Waals surface area contributed by atoms with Crippen molar-refractivity contribution in [2.75, 3.05) is 18.4 Å². The summed E-state index contributed by atoms with van der Waals surface area (Å²) < 4.78 is 1.60. The normalized spacial score (nSPS) is 14.4. The van der Waals surface area contributed by atoms with E-state index in [1.165, 1.54) is 24.8 Å². The number of carbonyl (C=O) groups excluding carboxylic acids is 1. The maximum absolute atomic E-state index is 12.3. The lowest BCUT2D eigenvalue weighted by Crippen LogP contribution is -2.48. The van der Waals surface area contributed by atoms with E-state index in [1.807, 2.05) is 24.3 Å². The van der Waals surface area contributed by atoms with E-state index in [2.05, 4.69) is 58.3 Å². The first-order valence-corrected chi connectivity index (χ1v) is 11.6. The van der Waals surface area contributed by atoms with Crippen LogP contribution in [0.4, 0.5) is 5.69 Å². The van der Waals surface area contributed by atoms with E-state index in [4.69, 9.17) is 4.99 Å². The molecule has 1 heterocycles. The largest absolute Gasteiger partial charge is 0.357 e. The van der Waals surface area contributed by atoms with Gasteiger partial charge in [0.25, 0.3) is 0 Å². The molecule has 0 unspecified atom stereocenters. The Morgan fingerprint density at radius 2 is 1.91 bits per heavy atom. The van der Waals surface area contributed by atoms with Crippen LogP contribution in [0, 0.1) is 0 Å². The summed E-state index contributed by atoms with van der Waals surface area (Å²) in [6.45, 7) is 4.45. The molecule has 7 nitrogen and oxygen atoms in total. The molecular formula is C26H33IN6O. The number of aliphatic imine (C=N–C) groups is 1. The topological polar surface area (TPSA) is 83.3 Å². The van der Waals surface area contributed by atoms with Gasteiger partial charge in [-0.15, -0.1) is 24.0 Å². The number of guanidine groups is 1. The molecule has 0 bridgehead atoms. The second-order valence-electron chi connectivity index (χ2n) is 8.50. The number of hydrogen-bond acceptors (Lipinski definition) is 3. The van der Waals surface area contributed by atoms with E-state index in [1.54, 1.807) is 23.1 Å². The zero-order valence-electron chi connectivity index (χ0n) is 19.5. The highest BCUT2D eigenvalue weighted by Gasteiger charge is 2.38. The molecule has 8 heteroatoms. The summed E-state index contributed by atoms with van der Waals surface area (Å²) in [4.78, 5) is 17.0. The van der Waals surface area contributed by atoms with Crippen molar-refractivity contribution in [1.29, 1.82) is 0 Å². The number of amides is 1. The van der Waals surface area contributed by atoms with Gasteiger partial charge in [0.15, 0.2) is 5.96 Å². The molecule has 180 valence electrons. The molecule has 0 aliphatic heterocycles. The van der Waals surface area contributed by atoms with E-state index in [9.17, 15) is 4.79 Å². The van der Waals surface area contributed by atoms with Crippen LogP contribution in [0.15, 0.2) is 78.0 Å². The van der Waals surface area contributed by atoms with Crippen LogP contribution >= 0.6 is 24.0 Å². The van der Waals surface area contributed by atoms with Crippen LogP contribution in [0.3, 0.4) is 0 Å². The lowest BCUT2D eigenvalue weighted by atomic mass is 9.64. The molecule has 4 rings (SSSR count). The molecule has 0 saturated heterocycles. The van der Waals surface area contributed by atoms with Crippen molar-refractivity contribution in [3.05, 3.63) is 84.2 Å². The van der Waals surface area contributed by atoms with Crippen LogP contribution in [-0.2, 0) is 23.3 Å². The van der Waals surface area contributed by atoms with Crippen molar-refractivity contribution in [1.82, 2.24) is 20.4 Å². The molecule has 1 aromatic heterocycles. The minimum atomic E-state index is -0.110. The SMILES string of the molecule is CCNC(=NCc1cccc(NC(=O)Cn2cccn2)c1)NCC1(c2ccccc2)CCC1.I. The van der Waals surface area contributed by atoms with Gasteiger partial charge in [0.2, 0.25) is 5.91 Å². The van der Waals surface area contributed by atoms with Gasteiger partial charge in [-0.2, -0.15) is 5.10 Å². The molecule has 0 spiro atoms. The first-order valence-electron chi connectivity index (χ1n) is 11.6. The third-order valence-corrected chi connectivity index (χ3v) is 6.13. The Kier molecular flexibility index (Phi) is 9.50. The van der Waals surface area contributed by atoms with Crippen molar-refractivity contribution < 1.29 is 4.79 Å². The van der Waals surface area contributed by atoms with Crippen LogP contribution in [0.1, 0.15) is 37.3 Å². The molecular weight excluding hydrogens is 539 g/mol. The smallest absolute Gasteiger partial charge is 0.246 e. The van der Waals surface area contributed by atoms with Crippen molar-refractivity contribution in [2.24, 2.45) is 4.99 Å². The van der Waals surface area contributed by atoms with Crippen LogP contribution in [0.5, 0.6) is 0 Å². The summed E-state index contributed by atoms with van der Waals surface area (Å²) >= 11 is 0. The fourth-order valence-electron chi connectivity index (χ4n) is 4.22. The third-order valence-electron chi connectivity index (χ3n) is 6.13. The molecule has 34 heavy (non-hydrogen) atoms. The Balaban J connectivity index is 0.00000324. The third kappa shape index (κ3) is 6.82. The van der Waals surface area contributed by atoms with Crippen molar-refractivity contribution in [3.8, 4) is 0 Å². The van der Waals surface area contributed by atoms with E-state index in [0.717, 1.165) is 30.3 Å². The standard InChI is InChI=1S/C26H32N6O.HI/c1-2-27-25(29-20-26(13-7-14-26)22-10-4-3-5-11-22)28-18-21-9-6-12-23(17-21)31-24(33)19-32-16-8-15-30-32;/h3-6,8-12,15-17H,2,7,13-14,18-20H2,1H3,(H,31,33)(H2,27,28,29);1H. The van der Waals surface area contributed by atoms with Gasteiger partial charge in [-0.25, -0.2) is 4.99 Å². The van der Waals surface area contributed by atoms with Gasteiger partial charge in [-0.3, -0.25) is 9.48 Å². The number of anilines is 1. The maximum Gasteiger partial charge on any atom is 0.246 e. The lowest BCUT2D eigenvalue weighted by Gasteiger charge is -2.43. The number of benzene rings is 2. The van der Waals surface area contributed by atoms with Gasteiger partial charge < -0.3 is 16.0 Å². The minimum absolute atomic E-state index is 0. The molecule has 2 aromatic carbocycles. The van der Waals surface area contributed by atoms with E-state index >= 15 is 0 Å². The van der Waals surface area contributed by atoms with Gasteiger partial charge in [0.05, 0.1) is 6.54 Å². The van der Waals surface area contributed by atoms with Gasteiger partial charge in [-0.1, -0.05) is 48.9 Å². The van der Waals surface area contributed by atoms with Gasteiger partial charge in [0, 0.05) is 36.6 Å². The summed E-state index contributed by atoms with van der Waals surface area (Å²) in [5, 5.41) is 13.9. The number of nitrogens with zero attached hydrogens (tertiary/aromatic N) is 3. The number of aromatic nitrogens is 2. The molecule has 3 N–H and O–H groups in total. The minimum Gasteiger partial charge on any atom is -0.357 e. The van der Waals surface area contributed by atoms with Gasteiger partial charge >= 0.3 is 0 Å². The summed E-state index contributed by atoms with van der Waals surface area (Å²) in [7, 11) is 0. The Bertz CT molecular complexity index is 1060. The monoisotopic (exact) mass is 572 g/mol. The first-order chi connectivity index (χ1) is 16.2. The molecule has 1 amide bonds. The lowest BCUT2D eigenvalue weighted by molar-refractivity contribution is -0.116. The molecule has 0 radical (unpaired) electrons. The fraction of sp³-hybridized carbons (Fsp3) is 0.346. The second-order valence-corrected chi connectivity index (χ2v) is 8.50. The molecule has 1 aliphatic carbocycles. The Morgan fingerprint density at radius 1 is 1.09 bits per heavy atom. The molecule has 1 aliphatic rings. The number of halogens is 1. The summed E-state index contributed by atoms with van der Waals surface area (Å²) in [5.41, 5.74) is 3.38. The van der Waals surface area contributed by atoms with Crippen LogP contribution in [-0.4, -0.2) is 34.7 Å². The predicted molar refractivity (Wildman–Crippen MR) is 148 cm³/mol. The fourth-order valence-corrected chi connectivity index (χ4v) is 4.22. The zero-order chi connectivity index (χ0) is 22.9. The zero-order valence-corrected chi connectivity index (χ0v) is 21.9. The first kappa shape index (κ1) is 25.7. The number of hydrogen-bond donors (Lipinski definition) is 3. The van der Waals surface area contributed by atoms with Crippen LogP contribution in [0.2, 0.25) is 0 Å². The summed E-state index contributed by atoms with van der Waals surface area (Å²) in [6.07, 6.45) is 7.09. The van der Waals surface area contributed by atoms with Crippen molar-refractivity contribution in [2.45, 2.75) is 44.7 Å². The van der Waals surface area contributed by atoms with Crippen LogP contribution in [0.25, 0.3) is 0 Å². The van der Waals surface area contributed by atoms with E-state index in [0.29, 0.717) is 6.54 Å². The highest BCUT2D eigenvalue weighted by Crippen LogP contribution is 2.43. The quantitative estimate of drug-likeness (QED) is 0.203. The molecule has 1 fully saturated rings. The summed E-state index contributed by atoms with van der Waals surface area (Å²) in [6, 6.07) is 20.4. The Labute approximate surface area is 218 Å². The number of rotatable bonds is 9. The molecule has 3 aromatic rings. The molecule has 0 atom stereocenters. The Hall–Kier alpha value is -2.88. The van der Waals surface area contributed by atoms with Crippen molar-refractivity contribution >= 4 is 41.5 Å². The van der Waals surface area contributed by atoms with Gasteiger partial charge in [-0.05, 0) is 49.1 Å². The van der Waals surface area contributed by atoms with Gasteiger partial charge in [0.1, 0.15) is 6.54 Å². The van der Waals surface area contributed by atoms with Crippen molar-refractivity contribution in [3.63, 3.8) is 0 Å². The number of carbonyl (C=O) groups is 1. The average Bonchev–Trinajstić information content (AvgIpc) is 3.30. The van der Waals surface area contributed by atoms with Crippen LogP contribution < -0.4 is 16.0 Å². The Morgan fingerprint density at radius 3 is 2.59 bits per heavy atom. The average molecular weight is 572 g/mol. The van der Waals surface area contributed by atoms with E-state index in [-0.39, 0.29) is 41.8 Å². The highest BCUT2D eigenvalue weighted by atomic mass is 127. The highest BCUT2D eigenvalue weighted by molar-refractivity contribution is 14.0. The number of nitrogens with one attached hydrogen (secondary N) is 3. The molecule has 1 saturated carbocycles. The second kappa shape index (κ2) is 12.5. The predicted octanol–water partition coefficient (Wildman–Crippen LogP) is 4.32. The maximum atomic E-state index is 12.3. The van der Waals surface area contributed by atoms with E-state index < -0.39 is 0 Å². The summed E-state index contributed by atoms with van der Waals surface area (Å²) in [5.74, 6) is 0.703.